The van der Waals surface area contributed by atoms with Crippen LogP contribution in [-0.4, -0.2) is 48.6 Å². The van der Waals surface area contributed by atoms with Crippen LogP contribution in [-0.2, 0) is 14.3 Å². The Morgan fingerprint density at radius 2 is 1.81 bits per heavy atom. The van der Waals surface area contributed by atoms with Crippen molar-refractivity contribution in [1.29, 1.82) is 0 Å². The number of carbonyl (C=O) groups excluding carboxylic acids is 2. The number of hydrogen-bond donors (Lipinski definition) is 1. The lowest BCUT2D eigenvalue weighted by molar-refractivity contribution is -0.153. The molecule has 0 bridgehead atoms. The Bertz CT molecular complexity index is 363. The van der Waals surface area contributed by atoms with Crippen molar-refractivity contribution in [3.8, 4) is 0 Å². The van der Waals surface area contributed by atoms with Crippen molar-refractivity contribution in [2.24, 2.45) is 5.41 Å². The van der Waals surface area contributed by atoms with Crippen LogP contribution >= 0.6 is 0 Å². The molecule has 1 aliphatic rings. The molecule has 1 heterocycles. The molecule has 21 heavy (non-hydrogen) atoms. The number of amides is 2. The summed E-state index contributed by atoms with van der Waals surface area (Å²) in [5.74, 6) is -0.0208. The third-order valence-electron chi connectivity index (χ3n) is 3.75. The van der Waals surface area contributed by atoms with E-state index in [9.17, 15) is 9.59 Å². The molecule has 0 radical (unpaired) electrons. The van der Waals surface area contributed by atoms with Crippen molar-refractivity contribution in [2.75, 3.05) is 19.8 Å². The molecular weight excluding hydrogens is 268 g/mol. The van der Waals surface area contributed by atoms with Crippen LogP contribution < -0.4 is 5.32 Å². The Morgan fingerprint density at radius 1 is 1.14 bits per heavy atom. The second-order valence-corrected chi connectivity index (χ2v) is 6.76. The van der Waals surface area contributed by atoms with Gasteiger partial charge in [0, 0.05) is 13.2 Å². The summed E-state index contributed by atoms with van der Waals surface area (Å²) in [6.45, 7) is 11.7. The largest absolute Gasteiger partial charge is 0.380 e. The Labute approximate surface area is 128 Å². The average Bonchev–Trinajstić information content (AvgIpc) is 2.40. The molecule has 0 aliphatic carbocycles. The average molecular weight is 298 g/mol. The summed E-state index contributed by atoms with van der Waals surface area (Å²) in [6.07, 6.45) is 2.53. The number of nitrogens with zero attached hydrogens (tertiary/aromatic N) is 1. The second-order valence-electron chi connectivity index (χ2n) is 6.76. The fourth-order valence-corrected chi connectivity index (χ4v) is 2.58. The van der Waals surface area contributed by atoms with E-state index in [0.717, 1.165) is 12.8 Å². The zero-order valence-corrected chi connectivity index (χ0v) is 14.1. The minimum Gasteiger partial charge on any atom is -0.380 e. The van der Waals surface area contributed by atoms with Gasteiger partial charge in [0.2, 0.25) is 11.8 Å². The Kier molecular flexibility index (Phi) is 6.65. The molecule has 0 aromatic rings. The van der Waals surface area contributed by atoms with E-state index in [-0.39, 0.29) is 23.3 Å². The number of nitrogens with one attached hydrogen (secondary N) is 1. The SMILES string of the molecule is CCCOCCN1C(=O)C(C(C)(C)C)NC(=O)C1CCC. The van der Waals surface area contributed by atoms with E-state index in [0.29, 0.717) is 26.2 Å². The van der Waals surface area contributed by atoms with Gasteiger partial charge in [0.15, 0.2) is 0 Å². The van der Waals surface area contributed by atoms with Gasteiger partial charge in [-0.05, 0) is 18.3 Å². The van der Waals surface area contributed by atoms with Crippen LogP contribution in [0.4, 0.5) is 0 Å². The van der Waals surface area contributed by atoms with Crippen LogP contribution in [0.5, 0.6) is 0 Å². The quantitative estimate of drug-likeness (QED) is 0.731. The topological polar surface area (TPSA) is 58.6 Å². The van der Waals surface area contributed by atoms with Crippen molar-refractivity contribution >= 4 is 11.8 Å². The van der Waals surface area contributed by atoms with E-state index in [1.165, 1.54) is 0 Å². The molecule has 0 spiro atoms. The zero-order chi connectivity index (χ0) is 16.0. The van der Waals surface area contributed by atoms with Gasteiger partial charge in [-0.25, -0.2) is 0 Å². The maximum atomic E-state index is 12.7. The van der Waals surface area contributed by atoms with Crippen LogP contribution in [0.25, 0.3) is 0 Å². The highest BCUT2D eigenvalue weighted by molar-refractivity contribution is 5.97. The maximum absolute atomic E-state index is 12.7. The molecule has 1 saturated heterocycles. The second kappa shape index (κ2) is 7.78. The number of hydrogen-bond acceptors (Lipinski definition) is 3. The van der Waals surface area contributed by atoms with Crippen LogP contribution in [0.15, 0.2) is 0 Å². The van der Waals surface area contributed by atoms with E-state index >= 15 is 0 Å². The van der Waals surface area contributed by atoms with E-state index in [2.05, 4.69) is 12.2 Å². The monoisotopic (exact) mass is 298 g/mol. The van der Waals surface area contributed by atoms with Gasteiger partial charge in [0.05, 0.1) is 6.61 Å². The van der Waals surface area contributed by atoms with Crippen LogP contribution in [0, 0.1) is 5.41 Å². The molecule has 0 saturated carbocycles. The highest BCUT2D eigenvalue weighted by Crippen LogP contribution is 2.26. The minimum atomic E-state index is -0.454. The Balaban J connectivity index is 2.82. The summed E-state index contributed by atoms with van der Waals surface area (Å²) < 4.78 is 5.49. The molecule has 122 valence electrons. The van der Waals surface area contributed by atoms with Gasteiger partial charge >= 0.3 is 0 Å². The molecule has 1 N–H and O–H groups in total. The summed E-state index contributed by atoms with van der Waals surface area (Å²) in [4.78, 5) is 26.8. The first-order chi connectivity index (χ1) is 9.82. The lowest BCUT2D eigenvalue weighted by Crippen LogP contribution is -2.66. The summed E-state index contributed by atoms with van der Waals surface area (Å²) in [7, 11) is 0. The van der Waals surface area contributed by atoms with E-state index < -0.39 is 6.04 Å². The van der Waals surface area contributed by atoms with Gasteiger partial charge in [0.25, 0.3) is 0 Å². The number of carbonyl (C=O) groups is 2. The predicted molar refractivity (Wildman–Crippen MR) is 82.9 cm³/mol. The van der Waals surface area contributed by atoms with Gasteiger partial charge < -0.3 is 15.0 Å². The Morgan fingerprint density at radius 3 is 2.33 bits per heavy atom. The van der Waals surface area contributed by atoms with Crippen molar-refractivity contribution in [3.05, 3.63) is 0 Å². The minimum absolute atomic E-state index is 0.0145. The highest BCUT2D eigenvalue weighted by Gasteiger charge is 2.44. The number of ether oxygens (including phenoxy) is 1. The molecule has 1 rings (SSSR count). The molecule has 1 fully saturated rings. The summed E-state index contributed by atoms with van der Waals surface area (Å²) in [5, 5.41) is 2.90. The highest BCUT2D eigenvalue weighted by atomic mass is 16.5. The van der Waals surface area contributed by atoms with Gasteiger partial charge in [-0.15, -0.1) is 0 Å². The van der Waals surface area contributed by atoms with Crippen molar-refractivity contribution < 1.29 is 14.3 Å². The summed E-state index contributed by atoms with van der Waals surface area (Å²) in [5.41, 5.74) is -0.285. The third kappa shape index (κ3) is 4.70. The molecule has 2 amide bonds. The van der Waals surface area contributed by atoms with Crippen molar-refractivity contribution in [1.82, 2.24) is 10.2 Å². The molecule has 2 atom stereocenters. The smallest absolute Gasteiger partial charge is 0.246 e. The first kappa shape index (κ1) is 18.0. The van der Waals surface area contributed by atoms with Crippen LogP contribution in [0.2, 0.25) is 0 Å². The lowest BCUT2D eigenvalue weighted by Gasteiger charge is -2.43. The van der Waals surface area contributed by atoms with Crippen LogP contribution in [0.3, 0.4) is 0 Å². The van der Waals surface area contributed by atoms with Crippen molar-refractivity contribution in [3.63, 3.8) is 0 Å². The predicted octanol–water partition coefficient (Wildman–Crippen LogP) is 1.95. The molecule has 1 aliphatic heterocycles. The van der Waals surface area contributed by atoms with E-state index in [4.69, 9.17) is 4.74 Å². The molecule has 2 unspecified atom stereocenters. The molecule has 0 aromatic carbocycles. The first-order valence-electron chi connectivity index (χ1n) is 8.01. The number of rotatable bonds is 7. The van der Waals surface area contributed by atoms with Crippen LogP contribution in [0.1, 0.15) is 53.9 Å². The van der Waals surface area contributed by atoms with Gasteiger partial charge in [0.1, 0.15) is 12.1 Å². The summed E-state index contributed by atoms with van der Waals surface area (Å²) >= 11 is 0. The lowest BCUT2D eigenvalue weighted by atomic mass is 9.83. The maximum Gasteiger partial charge on any atom is 0.246 e. The molecule has 5 heteroatoms. The zero-order valence-electron chi connectivity index (χ0n) is 14.1. The molecule has 0 aromatic heterocycles. The standard InChI is InChI=1S/C16H30N2O3/c1-6-8-12-14(19)17-13(16(3,4)5)15(20)18(12)9-11-21-10-7-2/h12-13H,6-11H2,1-5H3,(H,17,19). The third-order valence-corrected chi connectivity index (χ3v) is 3.75. The first-order valence-corrected chi connectivity index (χ1v) is 8.01. The van der Waals surface area contributed by atoms with E-state index in [1.807, 2.05) is 27.7 Å². The normalized spacial score (nSPS) is 23.4. The Hall–Kier alpha value is -1.10. The molecule has 5 nitrogen and oxygen atoms in total. The summed E-state index contributed by atoms with van der Waals surface area (Å²) in [6, 6.07) is -0.810. The van der Waals surface area contributed by atoms with Gasteiger partial charge in [-0.2, -0.15) is 0 Å². The van der Waals surface area contributed by atoms with Crippen molar-refractivity contribution in [2.45, 2.75) is 66.0 Å². The number of piperazine rings is 1. The molecular formula is C16H30N2O3. The van der Waals surface area contributed by atoms with Gasteiger partial charge in [-0.3, -0.25) is 9.59 Å². The van der Waals surface area contributed by atoms with Gasteiger partial charge in [-0.1, -0.05) is 41.0 Å². The fourth-order valence-electron chi connectivity index (χ4n) is 2.58. The fraction of sp³-hybridized carbons (Fsp3) is 0.875. The van der Waals surface area contributed by atoms with E-state index in [1.54, 1.807) is 4.90 Å².